The Labute approximate surface area is 53.6 Å². The van der Waals surface area contributed by atoms with Gasteiger partial charge in [0.25, 0.3) is 0 Å². The van der Waals surface area contributed by atoms with Crippen molar-refractivity contribution < 1.29 is 4.74 Å². The predicted molar refractivity (Wildman–Crippen MR) is 38.6 cm³/mol. The van der Waals surface area contributed by atoms with E-state index in [-0.39, 0.29) is 6.15 Å². The minimum atomic E-state index is 0. The molecule has 0 bridgehead atoms. The van der Waals surface area contributed by atoms with E-state index in [1.165, 1.54) is 29.5 Å². The second kappa shape index (κ2) is 4.06. The van der Waals surface area contributed by atoms with Crippen molar-refractivity contribution in [2.75, 3.05) is 6.61 Å². The van der Waals surface area contributed by atoms with Gasteiger partial charge in [0, 0.05) is 22.6 Å². The summed E-state index contributed by atoms with van der Waals surface area (Å²) in [5, 5.41) is 0. The van der Waals surface area contributed by atoms with E-state index >= 15 is 0 Å². The number of rotatable bonds is 0. The SMILES string of the molecule is N.[SiH3]C1CCCCO1. The van der Waals surface area contributed by atoms with Crippen molar-refractivity contribution in [3.8, 4) is 0 Å². The van der Waals surface area contributed by atoms with Crippen molar-refractivity contribution in [1.82, 2.24) is 6.15 Å². The lowest BCUT2D eigenvalue weighted by Gasteiger charge is -2.17. The van der Waals surface area contributed by atoms with Crippen LogP contribution in [0.1, 0.15) is 19.3 Å². The topological polar surface area (TPSA) is 44.2 Å². The number of hydrogen-bond donors (Lipinski definition) is 1. The maximum atomic E-state index is 5.34. The molecule has 1 unspecified atom stereocenters. The third-order valence-corrected chi connectivity index (χ3v) is 2.32. The molecule has 8 heavy (non-hydrogen) atoms. The van der Waals surface area contributed by atoms with E-state index in [2.05, 4.69) is 0 Å². The fourth-order valence-corrected chi connectivity index (χ4v) is 1.55. The van der Waals surface area contributed by atoms with Gasteiger partial charge in [0.15, 0.2) is 0 Å². The van der Waals surface area contributed by atoms with Crippen molar-refractivity contribution >= 4 is 10.2 Å². The Bertz CT molecular complexity index is 54.4. The smallest absolute Gasteiger partial charge is 0.0465 e. The highest BCUT2D eigenvalue weighted by Crippen LogP contribution is 2.08. The maximum absolute atomic E-state index is 5.34. The molecule has 1 aliphatic rings. The van der Waals surface area contributed by atoms with Crippen molar-refractivity contribution in [2.24, 2.45) is 0 Å². The first kappa shape index (κ1) is 8.14. The summed E-state index contributed by atoms with van der Waals surface area (Å²) in [7, 11) is 1.23. The Hall–Kier alpha value is 0.137. The molecule has 1 saturated heterocycles. The Kier molecular flexibility index (Phi) is 4.13. The molecule has 0 aromatic rings. The second-order valence-corrected chi connectivity index (χ2v) is 3.47. The van der Waals surface area contributed by atoms with Gasteiger partial charge < -0.3 is 10.9 Å². The zero-order valence-corrected chi connectivity index (χ0v) is 7.52. The summed E-state index contributed by atoms with van der Waals surface area (Å²) < 4.78 is 5.34. The van der Waals surface area contributed by atoms with Gasteiger partial charge in [-0.3, -0.25) is 0 Å². The van der Waals surface area contributed by atoms with Gasteiger partial charge in [0.1, 0.15) is 0 Å². The molecular weight excluding hydrogens is 118 g/mol. The summed E-state index contributed by atoms with van der Waals surface area (Å²) in [5.74, 6) is 0. The van der Waals surface area contributed by atoms with E-state index in [1.807, 2.05) is 0 Å². The summed E-state index contributed by atoms with van der Waals surface area (Å²) in [4.78, 5) is 0. The lowest BCUT2D eigenvalue weighted by Crippen LogP contribution is -2.18. The molecule has 3 heteroatoms. The van der Waals surface area contributed by atoms with Gasteiger partial charge in [-0.2, -0.15) is 0 Å². The van der Waals surface area contributed by atoms with Crippen molar-refractivity contribution in [2.45, 2.75) is 25.0 Å². The molecule has 0 spiro atoms. The summed E-state index contributed by atoms with van der Waals surface area (Å²) in [6, 6.07) is 0. The minimum absolute atomic E-state index is 0. The average molecular weight is 133 g/mol. The van der Waals surface area contributed by atoms with E-state index in [0.717, 1.165) is 6.61 Å². The van der Waals surface area contributed by atoms with Crippen LogP contribution >= 0.6 is 0 Å². The van der Waals surface area contributed by atoms with Gasteiger partial charge in [-0.05, 0) is 19.3 Å². The molecule has 1 aliphatic heterocycles. The van der Waals surface area contributed by atoms with Gasteiger partial charge in [-0.1, -0.05) is 0 Å². The summed E-state index contributed by atoms with van der Waals surface area (Å²) in [5.41, 5.74) is 0.675. The lowest BCUT2D eigenvalue weighted by molar-refractivity contribution is 0.0675. The van der Waals surface area contributed by atoms with E-state index < -0.39 is 0 Å². The first-order valence-electron chi connectivity index (χ1n) is 3.01. The highest BCUT2D eigenvalue weighted by Gasteiger charge is 2.05. The Balaban J connectivity index is 0.000000490. The van der Waals surface area contributed by atoms with Crippen molar-refractivity contribution in [3.05, 3.63) is 0 Å². The third kappa shape index (κ3) is 2.45. The predicted octanol–water partition coefficient (Wildman–Crippen LogP) is 0.0404. The molecule has 50 valence electrons. The molecule has 1 rings (SSSR count). The summed E-state index contributed by atoms with van der Waals surface area (Å²) >= 11 is 0. The molecule has 0 aromatic carbocycles. The monoisotopic (exact) mass is 133 g/mol. The molecule has 3 N–H and O–H groups in total. The van der Waals surface area contributed by atoms with Crippen LogP contribution in [0.15, 0.2) is 0 Å². The minimum Gasteiger partial charge on any atom is -0.383 e. The first-order chi connectivity index (χ1) is 3.39. The number of hydrogen-bond acceptors (Lipinski definition) is 2. The molecule has 0 radical (unpaired) electrons. The molecule has 0 saturated carbocycles. The van der Waals surface area contributed by atoms with Crippen molar-refractivity contribution in [1.29, 1.82) is 0 Å². The van der Waals surface area contributed by atoms with Crippen LogP contribution < -0.4 is 6.15 Å². The van der Waals surface area contributed by atoms with Gasteiger partial charge >= 0.3 is 0 Å². The van der Waals surface area contributed by atoms with Gasteiger partial charge in [0.05, 0.1) is 0 Å². The fraction of sp³-hybridized carbons (Fsp3) is 1.00. The normalized spacial score (nSPS) is 29.2. The molecule has 1 atom stereocenters. The van der Waals surface area contributed by atoms with Crippen LogP contribution in [0.25, 0.3) is 0 Å². The number of ether oxygens (including phenoxy) is 1. The van der Waals surface area contributed by atoms with Gasteiger partial charge in [-0.15, -0.1) is 0 Å². The van der Waals surface area contributed by atoms with Gasteiger partial charge in [0.2, 0.25) is 0 Å². The molecule has 0 aromatic heterocycles. The molecular formula is C5H15NOSi. The molecule has 0 aliphatic carbocycles. The summed E-state index contributed by atoms with van der Waals surface area (Å²) in [6.45, 7) is 1.02. The van der Waals surface area contributed by atoms with E-state index in [4.69, 9.17) is 4.74 Å². The Morgan fingerprint density at radius 2 is 2.12 bits per heavy atom. The molecule has 1 heterocycles. The van der Waals surface area contributed by atoms with E-state index in [1.54, 1.807) is 0 Å². The lowest BCUT2D eigenvalue weighted by atomic mass is 10.2. The first-order valence-corrected chi connectivity index (χ1v) is 4.16. The molecule has 2 nitrogen and oxygen atoms in total. The standard InChI is InChI=1S/C5H12OSi.H3N/c7-5-3-1-2-4-6-5;/h5H,1-4H2,7H3;1H3. The fourth-order valence-electron chi connectivity index (χ4n) is 0.902. The van der Waals surface area contributed by atoms with Crippen LogP contribution in [0, 0.1) is 0 Å². The van der Waals surface area contributed by atoms with Crippen LogP contribution in [0.4, 0.5) is 0 Å². The zero-order chi connectivity index (χ0) is 5.11. The quantitative estimate of drug-likeness (QED) is 0.474. The largest absolute Gasteiger partial charge is 0.383 e. The van der Waals surface area contributed by atoms with Crippen LogP contribution in [-0.2, 0) is 4.74 Å². The van der Waals surface area contributed by atoms with E-state index in [0.29, 0.717) is 5.73 Å². The highest BCUT2D eigenvalue weighted by molar-refractivity contribution is 6.10. The van der Waals surface area contributed by atoms with Crippen LogP contribution in [-0.4, -0.2) is 22.6 Å². The molecule has 1 fully saturated rings. The third-order valence-electron chi connectivity index (χ3n) is 1.41. The van der Waals surface area contributed by atoms with Crippen LogP contribution in [0.5, 0.6) is 0 Å². The van der Waals surface area contributed by atoms with Crippen molar-refractivity contribution in [3.63, 3.8) is 0 Å². The maximum Gasteiger partial charge on any atom is 0.0465 e. The highest BCUT2D eigenvalue weighted by atomic mass is 28.1. The van der Waals surface area contributed by atoms with E-state index in [9.17, 15) is 0 Å². The van der Waals surface area contributed by atoms with Gasteiger partial charge in [-0.25, -0.2) is 0 Å². The Morgan fingerprint density at radius 1 is 1.38 bits per heavy atom. The molecule has 0 amide bonds. The van der Waals surface area contributed by atoms with Crippen LogP contribution in [0.2, 0.25) is 0 Å². The average Bonchev–Trinajstić information content (AvgIpc) is 1.69. The zero-order valence-electron chi connectivity index (χ0n) is 5.52. The second-order valence-electron chi connectivity index (χ2n) is 2.18. The summed E-state index contributed by atoms with van der Waals surface area (Å²) in [6.07, 6.45) is 4.01. The van der Waals surface area contributed by atoms with Crippen LogP contribution in [0.3, 0.4) is 0 Å². The Morgan fingerprint density at radius 3 is 2.38 bits per heavy atom.